The van der Waals surface area contributed by atoms with E-state index in [4.69, 9.17) is 5.73 Å². The SMILES string of the molecule is Cc1nn(C(=O)Cn2cc(NS(C)(=O)=O)nn2)c(C)c1N. The highest BCUT2D eigenvalue weighted by Crippen LogP contribution is 2.14. The van der Waals surface area contributed by atoms with Crippen molar-refractivity contribution in [3.63, 3.8) is 0 Å². The molecular formula is C10H15N7O3S. The lowest BCUT2D eigenvalue weighted by Gasteiger charge is -2.02. The topological polar surface area (TPSA) is 138 Å². The first-order valence-corrected chi connectivity index (χ1v) is 7.79. The zero-order valence-electron chi connectivity index (χ0n) is 11.7. The average molecular weight is 313 g/mol. The Morgan fingerprint density at radius 3 is 2.62 bits per heavy atom. The van der Waals surface area contributed by atoms with E-state index in [0.717, 1.165) is 6.26 Å². The first-order valence-electron chi connectivity index (χ1n) is 5.90. The lowest BCUT2D eigenvalue weighted by atomic mass is 10.3. The molecule has 2 heterocycles. The van der Waals surface area contributed by atoms with Gasteiger partial charge in [-0.3, -0.25) is 9.52 Å². The van der Waals surface area contributed by atoms with E-state index in [9.17, 15) is 13.2 Å². The largest absolute Gasteiger partial charge is 0.396 e. The van der Waals surface area contributed by atoms with Crippen molar-refractivity contribution in [2.75, 3.05) is 16.7 Å². The van der Waals surface area contributed by atoms with Crippen molar-refractivity contribution in [2.45, 2.75) is 20.4 Å². The molecule has 0 atom stereocenters. The summed E-state index contributed by atoms with van der Waals surface area (Å²) >= 11 is 0. The Bertz CT molecular complexity index is 790. The van der Waals surface area contributed by atoms with E-state index >= 15 is 0 Å². The molecule has 0 aliphatic carbocycles. The normalized spacial score (nSPS) is 11.6. The Balaban J connectivity index is 2.15. The van der Waals surface area contributed by atoms with Crippen LogP contribution in [0.15, 0.2) is 6.20 Å². The van der Waals surface area contributed by atoms with Crippen LogP contribution in [0.25, 0.3) is 0 Å². The lowest BCUT2D eigenvalue weighted by molar-refractivity contribution is 0.0866. The van der Waals surface area contributed by atoms with Gasteiger partial charge in [-0.15, -0.1) is 5.10 Å². The minimum Gasteiger partial charge on any atom is -0.396 e. The van der Waals surface area contributed by atoms with Crippen LogP contribution in [0, 0.1) is 13.8 Å². The molecule has 0 fully saturated rings. The summed E-state index contributed by atoms with van der Waals surface area (Å²) in [7, 11) is -3.44. The molecule has 10 nitrogen and oxygen atoms in total. The third kappa shape index (κ3) is 3.37. The van der Waals surface area contributed by atoms with Gasteiger partial charge in [0.05, 0.1) is 29.5 Å². The monoisotopic (exact) mass is 313 g/mol. The minimum atomic E-state index is -3.44. The molecule has 3 N–H and O–H groups in total. The quantitative estimate of drug-likeness (QED) is 0.767. The van der Waals surface area contributed by atoms with E-state index < -0.39 is 10.0 Å². The zero-order valence-corrected chi connectivity index (χ0v) is 12.5. The molecule has 21 heavy (non-hydrogen) atoms. The predicted molar refractivity (Wildman–Crippen MR) is 75.2 cm³/mol. The maximum absolute atomic E-state index is 12.1. The number of nitrogens with zero attached hydrogens (tertiary/aromatic N) is 5. The summed E-state index contributed by atoms with van der Waals surface area (Å²) in [6.07, 6.45) is 2.31. The van der Waals surface area contributed by atoms with Crippen LogP contribution in [0.1, 0.15) is 16.2 Å². The molecule has 0 amide bonds. The Hall–Kier alpha value is -2.43. The van der Waals surface area contributed by atoms with Crippen LogP contribution in [-0.2, 0) is 16.6 Å². The van der Waals surface area contributed by atoms with Crippen molar-refractivity contribution >= 4 is 27.4 Å². The number of rotatable bonds is 4. The van der Waals surface area contributed by atoms with Gasteiger partial charge < -0.3 is 5.73 Å². The molecule has 2 rings (SSSR count). The van der Waals surface area contributed by atoms with E-state index in [-0.39, 0.29) is 18.3 Å². The summed E-state index contributed by atoms with van der Waals surface area (Å²) in [4.78, 5) is 12.1. The minimum absolute atomic E-state index is 0.0400. The van der Waals surface area contributed by atoms with Gasteiger partial charge in [0.2, 0.25) is 10.0 Å². The lowest BCUT2D eigenvalue weighted by Crippen LogP contribution is -2.20. The Morgan fingerprint density at radius 2 is 2.10 bits per heavy atom. The van der Waals surface area contributed by atoms with Gasteiger partial charge in [0, 0.05) is 0 Å². The molecule has 0 saturated carbocycles. The number of nitrogen functional groups attached to an aromatic ring is 1. The first-order chi connectivity index (χ1) is 9.67. The van der Waals surface area contributed by atoms with Crippen LogP contribution in [0.3, 0.4) is 0 Å². The summed E-state index contributed by atoms with van der Waals surface area (Å²) in [5.41, 5.74) is 7.34. The number of carbonyl (C=O) groups excluding carboxylic acids is 1. The molecule has 0 saturated heterocycles. The Kier molecular flexibility index (Phi) is 3.68. The van der Waals surface area contributed by atoms with Gasteiger partial charge >= 0.3 is 0 Å². The molecule has 2 aromatic rings. The number of hydrogen-bond acceptors (Lipinski definition) is 7. The van der Waals surface area contributed by atoms with Crippen LogP contribution in [0.5, 0.6) is 0 Å². The first kappa shape index (κ1) is 15.0. The van der Waals surface area contributed by atoms with Crippen molar-refractivity contribution in [3.8, 4) is 0 Å². The number of nitrogens with one attached hydrogen (secondary N) is 1. The van der Waals surface area contributed by atoms with Gasteiger partial charge in [-0.25, -0.2) is 17.8 Å². The smallest absolute Gasteiger partial charge is 0.268 e. The summed E-state index contributed by atoms with van der Waals surface area (Å²) < 4.78 is 26.7. The highest BCUT2D eigenvalue weighted by atomic mass is 32.2. The number of sulfonamides is 1. The fraction of sp³-hybridized carbons (Fsp3) is 0.400. The highest BCUT2D eigenvalue weighted by molar-refractivity contribution is 7.92. The fourth-order valence-corrected chi connectivity index (χ4v) is 2.19. The molecule has 0 aliphatic rings. The third-order valence-corrected chi connectivity index (χ3v) is 3.29. The van der Waals surface area contributed by atoms with E-state index in [2.05, 4.69) is 20.1 Å². The molecule has 0 unspecified atom stereocenters. The summed E-state index contributed by atoms with van der Waals surface area (Å²) in [5, 5.41) is 11.3. The molecule has 0 bridgehead atoms. The van der Waals surface area contributed by atoms with E-state index in [1.165, 1.54) is 15.6 Å². The van der Waals surface area contributed by atoms with Crippen LogP contribution in [0.2, 0.25) is 0 Å². The summed E-state index contributed by atoms with van der Waals surface area (Å²) in [6, 6.07) is 0. The van der Waals surface area contributed by atoms with Crippen LogP contribution >= 0.6 is 0 Å². The van der Waals surface area contributed by atoms with Gasteiger partial charge in [0.1, 0.15) is 6.54 Å². The Morgan fingerprint density at radius 1 is 1.43 bits per heavy atom. The average Bonchev–Trinajstić information content (AvgIpc) is 2.87. The van der Waals surface area contributed by atoms with Crippen LogP contribution < -0.4 is 10.5 Å². The maximum Gasteiger partial charge on any atom is 0.268 e. The number of anilines is 2. The second kappa shape index (κ2) is 5.16. The number of aromatic nitrogens is 5. The van der Waals surface area contributed by atoms with Gasteiger partial charge in [0.15, 0.2) is 5.82 Å². The van der Waals surface area contributed by atoms with Gasteiger partial charge in [0.25, 0.3) is 5.91 Å². The van der Waals surface area contributed by atoms with Crippen LogP contribution in [0.4, 0.5) is 11.5 Å². The third-order valence-electron chi connectivity index (χ3n) is 2.71. The fourth-order valence-electron chi connectivity index (χ4n) is 1.72. The van der Waals surface area contributed by atoms with Crippen molar-refractivity contribution in [1.29, 1.82) is 0 Å². The highest BCUT2D eigenvalue weighted by Gasteiger charge is 2.16. The summed E-state index contributed by atoms with van der Waals surface area (Å²) in [5.74, 6) is -0.318. The molecular weight excluding hydrogens is 298 g/mol. The zero-order chi connectivity index (χ0) is 15.8. The van der Waals surface area contributed by atoms with Crippen molar-refractivity contribution in [1.82, 2.24) is 24.8 Å². The van der Waals surface area contributed by atoms with E-state index in [1.54, 1.807) is 13.8 Å². The van der Waals surface area contributed by atoms with Gasteiger partial charge in [-0.05, 0) is 13.8 Å². The molecule has 2 aromatic heterocycles. The molecule has 0 aliphatic heterocycles. The standard InChI is InChI=1S/C10H15N7O3S/c1-6-10(11)7(2)17(13-6)9(18)5-16-4-8(12-15-16)14-21(3,19)20/h4,14H,5,11H2,1-3H3. The Labute approximate surface area is 121 Å². The predicted octanol–water partition coefficient (Wildman–Crippen LogP) is -0.614. The van der Waals surface area contributed by atoms with E-state index in [1.807, 2.05) is 0 Å². The molecule has 0 radical (unpaired) electrons. The maximum atomic E-state index is 12.1. The van der Waals surface area contributed by atoms with Gasteiger partial charge in [-0.1, -0.05) is 5.21 Å². The molecule has 114 valence electrons. The second-order valence-electron chi connectivity index (χ2n) is 4.57. The van der Waals surface area contributed by atoms with Crippen molar-refractivity contribution in [2.24, 2.45) is 0 Å². The van der Waals surface area contributed by atoms with Crippen molar-refractivity contribution in [3.05, 3.63) is 17.6 Å². The van der Waals surface area contributed by atoms with Gasteiger partial charge in [-0.2, -0.15) is 5.10 Å². The number of carbonyl (C=O) groups is 1. The van der Waals surface area contributed by atoms with Crippen LogP contribution in [-0.4, -0.2) is 45.4 Å². The number of aryl methyl sites for hydroxylation is 1. The number of hydrogen-bond donors (Lipinski definition) is 2. The molecule has 0 aromatic carbocycles. The summed E-state index contributed by atoms with van der Waals surface area (Å²) in [6.45, 7) is 3.25. The van der Waals surface area contributed by atoms with Crippen molar-refractivity contribution < 1.29 is 13.2 Å². The molecule has 11 heteroatoms. The van der Waals surface area contributed by atoms with E-state index in [0.29, 0.717) is 17.1 Å². The molecule has 0 spiro atoms. The second-order valence-corrected chi connectivity index (χ2v) is 6.31. The number of nitrogens with two attached hydrogens (primary N) is 1.